The molecule has 1 fully saturated rings. The van der Waals surface area contributed by atoms with Crippen molar-refractivity contribution in [3.05, 3.63) is 65.7 Å². The molecule has 156 valence electrons. The maximum atomic E-state index is 12.3. The molecule has 0 aromatic heterocycles. The zero-order chi connectivity index (χ0) is 20.7. The van der Waals surface area contributed by atoms with Crippen molar-refractivity contribution in [1.29, 1.82) is 0 Å². The molecule has 0 aliphatic carbocycles. The number of likely N-dealkylation sites (tertiary alicyclic amines) is 1. The topological polar surface area (TPSA) is 90.5 Å². The zero-order valence-electron chi connectivity index (χ0n) is 16.6. The van der Waals surface area contributed by atoms with Gasteiger partial charge < -0.3 is 10.6 Å². The number of nitrogens with zero attached hydrogens (tertiary/aromatic N) is 1. The Morgan fingerprint density at radius 3 is 2.45 bits per heavy atom. The van der Waals surface area contributed by atoms with E-state index in [1.165, 1.54) is 31.5 Å². The Morgan fingerprint density at radius 1 is 1.03 bits per heavy atom. The smallest absolute Gasteiger partial charge is 0.315 e. The van der Waals surface area contributed by atoms with Gasteiger partial charge in [-0.1, -0.05) is 42.5 Å². The maximum absolute atomic E-state index is 12.3. The number of carbonyl (C=O) groups is 1. The van der Waals surface area contributed by atoms with Crippen molar-refractivity contribution in [2.45, 2.75) is 30.3 Å². The first-order valence-electron chi connectivity index (χ1n) is 9.83. The van der Waals surface area contributed by atoms with Crippen LogP contribution in [0.4, 0.5) is 4.79 Å². The van der Waals surface area contributed by atoms with Crippen molar-refractivity contribution in [2.24, 2.45) is 0 Å². The summed E-state index contributed by atoms with van der Waals surface area (Å²) in [5.74, 6) is 0. The van der Waals surface area contributed by atoms with Crippen LogP contribution in [0.1, 0.15) is 30.0 Å². The summed E-state index contributed by atoms with van der Waals surface area (Å²) < 4.78 is 26.1. The van der Waals surface area contributed by atoms with E-state index in [1.807, 2.05) is 18.2 Å². The molecule has 2 amide bonds. The highest BCUT2D eigenvalue weighted by Gasteiger charge is 2.23. The Hall–Kier alpha value is -2.42. The predicted molar refractivity (Wildman–Crippen MR) is 113 cm³/mol. The van der Waals surface area contributed by atoms with E-state index in [1.54, 1.807) is 18.2 Å². The maximum Gasteiger partial charge on any atom is 0.315 e. The van der Waals surface area contributed by atoms with Crippen molar-refractivity contribution in [3.63, 3.8) is 0 Å². The van der Waals surface area contributed by atoms with Gasteiger partial charge in [0.05, 0.1) is 10.9 Å². The summed E-state index contributed by atoms with van der Waals surface area (Å²) in [7, 11) is -2.13. The largest absolute Gasteiger partial charge is 0.336 e. The quantitative estimate of drug-likeness (QED) is 0.616. The minimum absolute atomic E-state index is 0.147. The molecule has 1 aliphatic rings. The molecular formula is C21H28N4O3S. The molecule has 1 unspecified atom stereocenters. The van der Waals surface area contributed by atoms with Crippen LogP contribution in [-0.4, -0.2) is 46.0 Å². The van der Waals surface area contributed by atoms with E-state index in [0.29, 0.717) is 6.54 Å². The van der Waals surface area contributed by atoms with Gasteiger partial charge in [-0.2, -0.15) is 0 Å². The fourth-order valence-corrected chi connectivity index (χ4v) is 4.36. The Balaban J connectivity index is 1.57. The Labute approximate surface area is 172 Å². The van der Waals surface area contributed by atoms with Crippen LogP contribution in [0.15, 0.2) is 59.5 Å². The second-order valence-corrected chi connectivity index (χ2v) is 8.97. The van der Waals surface area contributed by atoms with Crippen LogP contribution >= 0.6 is 0 Å². The second-order valence-electron chi connectivity index (χ2n) is 7.09. The number of sulfonamides is 1. The lowest BCUT2D eigenvalue weighted by molar-refractivity contribution is 0.220. The standard InChI is InChI=1S/C21H28N4O3S/c1-22-29(27,28)19-11-7-8-17(14-19)15-23-21(26)24-16-20(25-12-5-6-13-25)18-9-3-2-4-10-18/h2-4,7-11,14,20,22H,5-6,12-13,15-16H2,1H3,(H2,23,24,26). The van der Waals surface area contributed by atoms with E-state index in [0.717, 1.165) is 18.7 Å². The van der Waals surface area contributed by atoms with Crippen LogP contribution in [0.2, 0.25) is 0 Å². The van der Waals surface area contributed by atoms with Crippen molar-refractivity contribution >= 4 is 16.1 Å². The number of benzene rings is 2. The molecule has 3 rings (SSSR count). The lowest BCUT2D eigenvalue weighted by atomic mass is 10.1. The first-order chi connectivity index (χ1) is 14.0. The Bertz CT molecular complexity index is 913. The average molecular weight is 417 g/mol. The molecular weight excluding hydrogens is 388 g/mol. The van der Waals surface area contributed by atoms with Gasteiger partial charge in [-0.15, -0.1) is 0 Å². The van der Waals surface area contributed by atoms with Crippen LogP contribution < -0.4 is 15.4 Å². The van der Waals surface area contributed by atoms with E-state index < -0.39 is 10.0 Å². The molecule has 2 aromatic rings. The van der Waals surface area contributed by atoms with Crippen LogP contribution in [0.5, 0.6) is 0 Å². The SMILES string of the molecule is CNS(=O)(=O)c1cccc(CNC(=O)NCC(c2ccccc2)N2CCCC2)c1. The normalized spacial score (nSPS) is 15.8. The Morgan fingerprint density at radius 2 is 1.76 bits per heavy atom. The van der Waals surface area contributed by atoms with Gasteiger partial charge in [0.15, 0.2) is 0 Å². The van der Waals surface area contributed by atoms with Gasteiger partial charge in [-0.05, 0) is 56.2 Å². The zero-order valence-corrected chi connectivity index (χ0v) is 17.4. The first-order valence-corrected chi connectivity index (χ1v) is 11.3. The molecule has 7 nitrogen and oxygen atoms in total. The molecule has 0 saturated carbocycles. The van der Waals surface area contributed by atoms with Crippen molar-refractivity contribution in [2.75, 3.05) is 26.7 Å². The third-order valence-corrected chi connectivity index (χ3v) is 6.56. The van der Waals surface area contributed by atoms with Gasteiger partial charge in [-0.25, -0.2) is 17.9 Å². The van der Waals surface area contributed by atoms with E-state index in [-0.39, 0.29) is 23.5 Å². The van der Waals surface area contributed by atoms with Crippen LogP contribution in [0, 0.1) is 0 Å². The van der Waals surface area contributed by atoms with Crippen molar-refractivity contribution in [3.8, 4) is 0 Å². The first kappa shape index (κ1) is 21.3. The van der Waals surface area contributed by atoms with Gasteiger partial charge in [0.25, 0.3) is 0 Å². The number of hydrogen-bond donors (Lipinski definition) is 3. The molecule has 1 aliphatic heterocycles. The molecule has 1 heterocycles. The minimum atomic E-state index is -3.50. The number of nitrogens with one attached hydrogen (secondary N) is 3. The fraction of sp³-hybridized carbons (Fsp3) is 0.381. The summed E-state index contributed by atoms with van der Waals surface area (Å²) in [6, 6.07) is 16.6. The molecule has 29 heavy (non-hydrogen) atoms. The van der Waals surface area contributed by atoms with Gasteiger partial charge in [0.2, 0.25) is 10.0 Å². The third-order valence-electron chi connectivity index (χ3n) is 5.15. The lowest BCUT2D eigenvalue weighted by Gasteiger charge is -2.28. The summed E-state index contributed by atoms with van der Waals surface area (Å²) in [6.07, 6.45) is 2.36. The van der Waals surface area contributed by atoms with Crippen molar-refractivity contribution in [1.82, 2.24) is 20.3 Å². The Kier molecular flexibility index (Phi) is 7.24. The van der Waals surface area contributed by atoms with E-state index in [9.17, 15) is 13.2 Å². The van der Waals surface area contributed by atoms with Gasteiger partial charge in [-0.3, -0.25) is 4.90 Å². The van der Waals surface area contributed by atoms with Gasteiger partial charge in [0, 0.05) is 13.1 Å². The molecule has 8 heteroatoms. The van der Waals surface area contributed by atoms with E-state index in [2.05, 4.69) is 32.4 Å². The molecule has 1 saturated heterocycles. The van der Waals surface area contributed by atoms with Gasteiger partial charge >= 0.3 is 6.03 Å². The molecule has 0 radical (unpaired) electrons. The molecule has 3 N–H and O–H groups in total. The number of amides is 2. The van der Waals surface area contributed by atoms with Crippen LogP contribution in [0.25, 0.3) is 0 Å². The fourth-order valence-electron chi connectivity index (χ4n) is 3.56. The number of hydrogen-bond acceptors (Lipinski definition) is 4. The van der Waals surface area contributed by atoms with E-state index in [4.69, 9.17) is 0 Å². The number of rotatable bonds is 8. The summed E-state index contributed by atoms with van der Waals surface area (Å²) in [4.78, 5) is 14.9. The number of carbonyl (C=O) groups excluding carboxylic acids is 1. The summed E-state index contributed by atoms with van der Waals surface area (Å²) in [6.45, 7) is 2.84. The highest BCUT2D eigenvalue weighted by Crippen LogP contribution is 2.24. The van der Waals surface area contributed by atoms with E-state index >= 15 is 0 Å². The minimum Gasteiger partial charge on any atom is -0.336 e. The average Bonchev–Trinajstić information content (AvgIpc) is 3.28. The van der Waals surface area contributed by atoms with Crippen LogP contribution in [0.3, 0.4) is 0 Å². The monoisotopic (exact) mass is 416 g/mol. The summed E-state index contributed by atoms with van der Waals surface area (Å²) in [5, 5.41) is 5.77. The molecule has 0 bridgehead atoms. The van der Waals surface area contributed by atoms with Crippen LogP contribution in [-0.2, 0) is 16.6 Å². The van der Waals surface area contributed by atoms with Gasteiger partial charge in [0.1, 0.15) is 0 Å². The lowest BCUT2D eigenvalue weighted by Crippen LogP contribution is -2.41. The second kappa shape index (κ2) is 9.87. The number of urea groups is 1. The third kappa shape index (κ3) is 5.79. The highest BCUT2D eigenvalue weighted by molar-refractivity contribution is 7.89. The van der Waals surface area contributed by atoms with Crippen molar-refractivity contribution < 1.29 is 13.2 Å². The molecule has 0 spiro atoms. The summed E-state index contributed by atoms with van der Waals surface area (Å²) >= 11 is 0. The molecule has 1 atom stereocenters. The summed E-state index contributed by atoms with van der Waals surface area (Å²) in [5.41, 5.74) is 1.91. The highest BCUT2D eigenvalue weighted by atomic mass is 32.2. The predicted octanol–water partition coefficient (Wildman–Crippen LogP) is 2.23. The molecule has 2 aromatic carbocycles.